The molecule has 2 rings (SSSR count). The summed E-state index contributed by atoms with van der Waals surface area (Å²) in [5.74, 6) is 0.635. The molecule has 2 aromatic rings. The number of benzene rings is 2. The van der Waals surface area contributed by atoms with Crippen molar-refractivity contribution in [3.63, 3.8) is 0 Å². The molecule has 0 radical (unpaired) electrons. The zero-order chi connectivity index (χ0) is 18.9. The molecule has 0 aliphatic rings. The van der Waals surface area contributed by atoms with E-state index < -0.39 is 6.10 Å². The molecule has 0 saturated heterocycles. The molecule has 0 aliphatic heterocycles. The summed E-state index contributed by atoms with van der Waals surface area (Å²) in [6, 6.07) is 15.8. The summed E-state index contributed by atoms with van der Waals surface area (Å²) in [7, 11) is 0. The zero-order valence-electron chi connectivity index (χ0n) is 16.3. The smallest absolute Gasteiger partial charge is 0.265 e. The lowest BCUT2D eigenvalue weighted by Crippen LogP contribution is -2.32. The summed E-state index contributed by atoms with van der Waals surface area (Å²) in [5, 5.41) is 2.96. The van der Waals surface area contributed by atoms with Gasteiger partial charge in [-0.3, -0.25) is 9.69 Å². The summed E-state index contributed by atoms with van der Waals surface area (Å²) in [6.07, 6.45) is 0.103. The summed E-state index contributed by atoms with van der Waals surface area (Å²) in [6.45, 7) is 11.3. The van der Waals surface area contributed by atoms with E-state index in [9.17, 15) is 4.79 Å². The number of aryl methyl sites for hydroxylation is 1. The van der Waals surface area contributed by atoms with Crippen molar-refractivity contribution in [1.82, 2.24) is 4.90 Å². The second-order valence-corrected chi connectivity index (χ2v) is 6.43. The molecule has 4 heteroatoms. The summed E-state index contributed by atoms with van der Waals surface area (Å²) >= 11 is 0. The van der Waals surface area contributed by atoms with Gasteiger partial charge in [-0.05, 0) is 55.8 Å². The van der Waals surface area contributed by atoms with Crippen molar-refractivity contribution >= 4 is 11.6 Å². The van der Waals surface area contributed by atoms with Gasteiger partial charge in [-0.2, -0.15) is 0 Å². The van der Waals surface area contributed by atoms with E-state index in [1.54, 1.807) is 0 Å². The Morgan fingerprint density at radius 1 is 1.04 bits per heavy atom. The lowest BCUT2D eigenvalue weighted by atomic mass is 10.1. The topological polar surface area (TPSA) is 41.6 Å². The van der Waals surface area contributed by atoms with E-state index in [1.807, 2.05) is 50.2 Å². The molecule has 0 heterocycles. The minimum atomic E-state index is -0.508. The van der Waals surface area contributed by atoms with Crippen LogP contribution in [0.15, 0.2) is 48.5 Å². The number of carbonyl (C=O) groups excluding carboxylic acids is 1. The van der Waals surface area contributed by atoms with Crippen LogP contribution in [0.5, 0.6) is 5.75 Å². The Kier molecular flexibility index (Phi) is 7.67. The molecule has 0 bridgehead atoms. The molecule has 0 aliphatic carbocycles. The Labute approximate surface area is 157 Å². The number of hydrogen-bond donors (Lipinski definition) is 1. The normalized spacial score (nSPS) is 12.0. The van der Waals surface area contributed by atoms with Crippen LogP contribution in [-0.2, 0) is 11.3 Å². The molecule has 26 heavy (non-hydrogen) atoms. The van der Waals surface area contributed by atoms with E-state index in [1.165, 1.54) is 5.56 Å². The van der Waals surface area contributed by atoms with E-state index in [4.69, 9.17) is 4.74 Å². The molecule has 1 atom stereocenters. The fourth-order valence-corrected chi connectivity index (χ4v) is 2.79. The number of ether oxygens (including phenoxy) is 1. The van der Waals surface area contributed by atoms with Crippen molar-refractivity contribution in [2.45, 2.75) is 46.8 Å². The van der Waals surface area contributed by atoms with Gasteiger partial charge in [0.25, 0.3) is 5.91 Å². The summed E-state index contributed by atoms with van der Waals surface area (Å²) in [5.41, 5.74) is 3.07. The van der Waals surface area contributed by atoms with Crippen LogP contribution in [0.1, 0.15) is 38.3 Å². The van der Waals surface area contributed by atoms with Crippen molar-refractivity contribution in [2.24, 2.45) is 0 Å². The first-order valence-electron chi connectivity index (χ1n) is 9.41. The maximum atomic E-state index is 12.6. The first-order valence-corrected chi connectivity index (χ1v) is 9.41. The molecule has 0 aromatic heterocycles. The number of anilines is 1. The quantitative estimate of drug-likeness (QED) is 0.714. The highest BCUT2D eigenvalue weighted by molar-refractivity contribution is 5.94. The highest BCUT2D eigenvalue weighted by atomic mass is 16.5. The van der Waals surface area contributed by atoms with E-state index in [-0.39, 0.29) is 5.91 Å². The fourth-order valence-electron chi connectivity index (χ4n) is 2.79. The van der Waals surface area contributed by atoms with Crippen molar-refractivity contribution in [3.05, 3.63) is 59.7 Å². The lowest BCUT2D eigenvalue weighted by Gasteiger charge is -2.19. The van der Waals surface area contributed by atoms with Crippen LogP contribution in [0.25, 0.3) is 0 Å². The Morgan fingerprint density at radius 3 is 2.27 bits per heavy atom. The highest BCUT2D eigenvalue weighted by Crippen LogP contribution is 2.20. The highest BCUT2D eigenvalue weighted by Gasteiger charge is 2.19. The molecule has 0 saturated carbocycles. The maximum absolute atomic E-state index is 12.6. The van der Waals surface area contributed by atoms with Crippen LogP contribution in [0.2, 0.25) is 0 Å². The van der Waals surface area contributed by atoms with Gasteiger partial charge in [-0.25, -0.2) is 0 Å². The second-order valence-electron chi connectivity index (χ2n) is 6.43. The molecule has 0 spiro atoms. The molecular formula is C22H30N2O2. The van der Waals surface area contributed by atoms with Crippen molar-refractivity contribution in [3.8, 4) is 5.75 Å². The van der Waals surface area contributed by atoms with Crippen LogP contribution < -0.4 is 10.1 Å². The van der Waals surface area contributed by atoms with Crippen LogP contribution in [0.4, 0.5) is 5.69 Å². The van der Waals surface area contributed by atoms with Gasteiger partial charge in [-0.15, -0.1) is 0 Å². The van der Waals surface area contributed by atoms with Crippen LogP contribution >= 0.6 is 0 Å². The molecule has 140 valence electrons. The number of amides is 1. The molecular weight excluding hydrogens is 324 g/mol. The Morgan fingerprint density at radius 2 is 1.69 bits per heavy atom. The Hall–Kier alpha value is -2.33. The number of hydrogen-bond acceptors (Lipinski definition) is 3. The summed E-state index contributed by atoms with van der Waals surface area (Å²) in [4.78, 5) is 14.9. The molecule has 1 amide bonds. The third kappa shape index (κ3) is 5.60. The van der Waals surface area contributed by atoms with Gasteiger partial charge >= 0.3 is 0 Å². The van der Waals surface area contributed by atoms with E-state index in [0.717, 1.165) is 36.6 Å². The van der Waals surface area contributed by atoms with Crippen molar-refractivity contribution < 1.29 is 9.53 Å². The molecule has 2 aromatic carbocycles. The summed E-state index contributed by atoms with van der Waals surface area (Å²) < 4.78 is 5.92. The second kappa shape index (κ2) is 9.97. The monoisotopic (exact) mass is 354 g/mol. The predicted molar refractivity (Wildman–Crippen MR) is 108 cm³/mol. The zero-order valence-corrected chi connectivity index (χ0v) is 16.3. The number of rotatable bonds is 9. The van der Waals surface area contributed by atoms with E-state index >= 15 is 0 Å². The maximum Gasteiger partial charge on any atom is 0.265 e. The first kappa shape index (κ1) is 20.0. The van der Waals surface area contributed by atoms with E-state index in [2.05, 4.69) is 36.2 Å². The Bertz CT molecular complexity index is 694. The number of para-hydroxylation sites is 1. The largest absolute Gasteiger partial charge is 0.480 e. The van der Waals surface area contributed by atoms with Gasteiger partial charge in [0.1, 0.15) is 5.75 Å². The van der Waals surface area contributed by atoms with Gasteiger partial charge in [-0.1, -0.05) is 51.1 Å². The standard InChI is InChI=1S/C22H30N2O2/c1-5-20(26-21-11-9-8-10-17(21)4)22(25)23-19-14-12-18(13-15-19)16-24(6-2)7-3/h8-15,20H,5-7,16H2,1-4H3,(H,23,25). The third-order valence-electron chi connectivity index (χ3n) is 4.55. The van der Waals surface area contributed by atoms with Crippen LogP contribution in [-0.4, -0.2) is 30.0 Å². The minimum Gasteiger partial charge on any atom is -0.480 e. The Balaban J connectivity index is 1.98. The fraction of sp³-hybridized carbons (Fsp3) is 0.409. The molecule has 1 unspecified atom stereocenters. The average Bonchev–Trinajstić information content (AvgIpc) is 2.66. The average molecular weight is 354 g/mol. The van der Waals surface area contributed by atoms with E-state index in [0.29, 0.717) is 6.42 Å². The first-order chi connectivity index (χ1) is 12.6. The number of carbonyl (C=O) groups is 1. The molecule has 4 nitrogen and oxygen atoms in total. The number of nitrogens with one attached hydrogen (secondary N) is 1. The molecule has 1 N–H and O–H groups in total. The van der Waals surface area contributed by atoms with Crippen molar-refractivity contribution in [2.75, 3.05) is 18.4 Å². The number of nitrogens with zero attached hydrogens (tertiary/aromatic N) is 1. The van der Waals surface area contributed by atoms with Gasteiger partial charge in [0.05, 0.1) is 0 Å². The third-order valence-corrected chi connectivity index (χ3v) is 4.55. The van der Waals surface area contributed by atoms with Gasteiger partial charge in [0.15, 0.2) is 6.10 Å². The SMILES string of the molecule is CCC(Oc1ccccc1C)C(=O)Nc1ccc(CN(CC)CC)cc1. The van der Waals surface area contributed by atoms with Gasteiger partial charge < -0.3 is 10.1 Å². The molecule has 0 fully saturated rings. The van der Waals surface area contributed by atoms with Crippen LogP contribution in [0.3, 0.4) is 0 Å². The van der Waals surface area contributed by atoms with Gasteiger partial charge in [0, 0.05) is 12.2 Å². The minimum absolute atomic E-state index is 0.118. The predicted octanol–water partition coefficient (Wildman–Crippen LogP) is 4.63. The van der Waals surface area contributed by atoms with Crippen LogP contribution in [0, 0.1) is 6.92 Å². The van der Waals surface area contributed by atoms with Crippen molar-refractivity contribution in [1.29, 1.82) is 0 Å². The van der Waals surface area contributed by atoms with Gasteiger partial charge in [0.2, 0.25) is 0 Å². The lowest BCUT2D eigenvalue weighted by molar-refractivity contribution is -0.122.